The lowest BCUT2D eigenvalue weighted by molar-refractivity contribution is -0.122. The maximum absolute atomic E-state index is 14.0. The molecule has 2 heterocycles. The molecule has 0 aliphatic heterocycles. The first kappa shape index (κ1) is 27.3. The lowest BCUT2D eigenvalue weighted by Crippen LogP contribution is -2.44. The van der Waals surface area contributed by atoms with Gasteiger partial charge in [0.05, 0.1) is 16.7 Å². The number of fused-ring (bicyclic) bond motifs is 1. The van der Waals surface area contributed by atoms with Gasteiger partial charge in [-0.25, -0.2) is 4.39 Å². The number of benzene rings is 3. The van der Waals surface area contributed by atoms with Crippen molar-refractivity contribution in [1.29, 1.82) is 0 Å². The predicted molar refractivity (Wildman–Crippen MR) is 156 cm³/mol. The Morgan fingerprint density at radius 3 is 2.48 bits per heavy atom. The van der Waals surface area contributed by atoms with E-state index in [1.807, 2.05) is 54.6 Å². The van der Waals surface area contributed by atoms with Crippen LogP contribution in [0.3, 0.4) is 0 Å². The monoisotopic (exact) mass is 555 g/mol. The second-order valence-electron chi connectivity index (χ2n) is 10.6. The minimum Gasteiger partial charge on any atom is -0.459 e. The molecule has 1 N–H and O–H groups in total. The largest absolute Gasteiger partial charge is 0.459 e. The van der Waals surface area contributed by atoms with Crippen molar-refractivity contribution in [2.45, 2.75) is 38.6 Å². The summed E-state index contributed by atoms with van der Waals surface area (Å²) in [6.45, 7) is 6.62. The van der Waals surface area contributed by atoms with Crippen LogP contribution in [-0.4, -0.2) is 22.7 Å². The molecule has 8 heteroatoms. The van der Waals surface area contributed by atoms with E-state index in [4.69, 9.17) is 4.42 Å². The van der Waals surface area contributed by atoms with E-state index in [2.05, 4.69) is 30.5 Å². The van der Waals surface area contributed by atoms with E-state index in [1.54, 1.807) is 18.2 Å². The number of furan rings is 1. The highest BCUT2D eigenvalue weighted by molar-refractivity contribution is 7.07. The van der Waals surface area contributed by atoms with Crippen LogP contribution in [0.2, 0.25) is 0 Å². The zero-order valence-electron chi connectivity index (χ0n) is 22.6. The Morgan fingerprint density at radius 2 is 1.77 bits per heavy atom. The van der Waals surface area contributed by atoms with Gasteiger partial charge in [-0.1, -0.05) is 63.2 Å². The van der Waals surface area contributed by atoms with Crippen LogP contribution in [0.15, 0.2) is 95.6 Å². The lowest BCUT2D eigenvalue weighted by Gasteiger charge is -2.30. The van der Waals surface area contributed by atoms with Crippen molar-refractivity contribution in [2.75, 3.05) is 11.4 Å². The first-order chi connectivity index (χ1) is 19.2. The van der Waals surface area contributed by atoms with Gasteiger partial charge in [-0.05, 0) is 77.0 Å². The maximum Gasteiger partial charge on any atom is 0.295 e. The number of rotatable bonds is 8. The molecule has 40 heavy (non-hydrogen) atoms. The SMILES string of the molecule is CC(C)(C)c1ccc(N(C(=O)c2ccco2)C(C(=O)NCCc2cccc(F)c2)c2snc3ccccc23)cc1. The van der Waals surface area contributed by atoms with Crippen LogP contribution in [0.4, 0.5) is 10.1 Å². The molecule has 1 unspecified atom stereocenters. The van der Waals surface area contributed by atoms with E-state index in [1.165, 1.54) is 34.8 Å². The molecule has 0 bridgehead atoms. The van der Waals surface area contributed by atoms with Gasteiger partial charge in [-0.2, -0.15) is 4.37 Å². The summed E-state index contributed by atoms with van der Waals surface area (Å²) in [5.74, 6) is -1.03. The van der Waals surface area contributed by atoms with Crippen molar-refractivity contribution in [3.05, 3.63) is 119 Å². The fourth-order valence-electron chi connectivity index (χ4n) is 4.60. The Kier molecular flexibility index (Phi) is 7.80. The number of aromatic nitrogens is 1. The molecule has 5 rings (SSSR count). The first-order valence-electron chi connectivity index (χ1n) is 13.1. The first-order valence-corrected chi connectivity index (χ1v) is 13.8. The maximum atomic E-state index is 14.0. The molecule has 6 nitrogen and oxygen atoms in total. The third-order valence-corrected chi connectivity index (χ3v) is 7.66. The molecule has 0 fully saturated rings. The molecule has 5 aromatic rings. The summed E-state index contributed by atoms with van der Waals surface area (Å²) in [5, 5.41) is 3.78. The molecular weight excluding hydrogens is 525 g/mol. The van der Waals surface area contributed by atoms with Crippen LogP contribution >= 0.6 is 11.5 Å². The average Bonchev–Trinajstić information content (AvgIpc) is 3.62. The molecule has 2 aromatic heterocycles. The number of carbonyl (C=O) groups excluding carboxylic acids is 2. The summed E-state index contributed by atoms with van der Waals surface area (Å²) in [6, 6.07) is 23.7. The highest BCUT2D eigenvalue weighted by Crippen LogP contribution is 2.37. The summed E-state index contributed by atoms with van der Waals surface area (Å²) < 4.78 is 23.7. The Labute approximate surface area is 236 Å². The minimum absolute atomic E-state index is 0.0874. The van der Waals surface area contributed by atoms with Crippen LogP contribution in [-0.2, 0) is 16.6 Å². The number of amides is 2. The second-order valence-corrected chi connectivity index (χ2v) is 11.4. The summed E-state index contributed by atoms with van der Waals surface area (Å²) in [4.78, 5) is 30.1. The second kappa shape index (κ2) is 11.4. The lowest BCUT2D eigenvalue weighted by atomic mass is 9.87. The molecule has 1 atom stereocenters. The van der Waals surface area contributed by atoms with E-state index >= 15 is 0 Å². The molecule has 0 spiro atoms. The van der Waals surface area contributed by atoms with Gasteiger partial charge in [0.25, 0.3) is 5.91 Å². The van der Waals surface area contributed by atoms with Crippen LogP contribution in [0, 0.1) is 5.82 Å². The van der Waals surface area contributed by atoms with Crippen molar-refractivity contribution < 1.29 is 18.4 Å². The normalized spacial score (nSPS) is 12.3. The van der Waals surface area contributed by atoms with E-state index < -0.39 is 11.9 Å². The van der Waals surface area contributed by atoms with Crippen molar-refractivity contribution >= 4 is 39.9 Å². The van der Waals surface area contributed by atoms with Crippen molar-refractivity contribution in [3.8, 4) is 0 Å². The average molecular weight is 556 g/mol. The van der Waals surface area contributed by atoms with Gasteiger partial charge in [-0.3, -0.25) is 14.5 Å². The molecule has 0 saturated heterocycles. The molecule has 0 aliphatic carbocycles. The standard InChI is InChI=1S/C32H30FN3O3S/c1-32(2,3)22-13-15-24(16-14-22)36(31(38)27-12-7-19-39-27)28(29-25-10-4-5-11-26(25)35-40-29)30(37)34-18-17-21-8-6-9-23(33)20-21/h4-16,19-20,28H,17-18H2,1-3H3,(H,34,37). The van der Waals surface area contributed by atoms with E-state index in [0.29, 0.717) is 17.0 Å². The van der Waals surface area contributed by atoms with Crippen LogP contribution in [0.1, 0.15) is 53.4 Å². The Balaban J connectivity index is 1.57. The summed E-state index contributed by atoms with van der Waals surface area (Å²) in [7, 11) is 0. The zero-order valence-corrected chi connectivity index (χ0v) is 23.4. The smallest absolute Gasteiger partial charge is 0.295 e. The fraction of sp³-hybridized carbons (Fsp3) is 0.219. The van der Waals surface area contributed by atoms with Gasteiger partial charge in [-0.15, -0.1) is 0 Å². The molecule has 2 amide bonds. The van der Waals surface area contributed by atoms with Crippen LogP contribution in [0.5, 0.6) is 0 Å². The highest BCUT2D eigenvalue weighted by atomic mass is 32.1. The summed E-state index contributed by atoms with van der Waals surface area (Å²) in [5.41, 5.74) is 3.07. The quantitative estimate of drug-likeness (QED) is 0.222. The number of anilines is 1. The molecule has 204 valence electrons. The number of hydrogen-bond acceptors (Lipinski definition) is 5. The number of hydrogen-bond donors (Lipinski definition) is 1. The topological polar surface area (TPSA) is 75.4 Å². The number of halogens is 1. The Bertz CT molecular complexity index is 1620. The Hall–Kier alpha value is -4.30. The van der Waals surface area contributed by atoms with E-state index in [0.717, 1.165) is 22.0 Å². The Morgan fingerprint density at radius 1 is 1.00 bits per heavy atom. The third-order valence-electron chi connectivity index (χ3n) is 6.73. The third kappa shape index (κ3) is 5.82. The van der Waals surface area contributed by atoms with Gasteiger partial charge < -0.3 is 9.73 Å². The highest BCUT2D eigenvalue weighted by Gasteiger charge is 2.37. The zero-order chi connectivity index (χ0) is 28.3. The predicted octanol–water partition coefficient (Wildman–Crippen LogP) is 7.07. The molecular formula is C32H30FN3O3S. The van der Waals surface area contributed by atoms with Crippen LogP contribution in [0.25, 0.3) is 10.9 Å². The summed E-state index contributed by atoms with van der Waals surface area (Å²) >= 11 is 1.19. The molecule has 3 aromatic carbocycles. The number of nitrogens with one attached hydrogen (secondary N) is 1. The summed E-state index contributed by atoms with van der Waals surface area (Å²) in [6.07, 6.45) is 1.87. The number of nitrogens with zero attached hydrogens (tertiary/aromatic N) is 2. The fourth-order valence-corrected chi connectivity index (χ4v) is 5.54. The van der Waals surface area contributed by atoms with Crippen molar-refractivity contribution in [3.63, 3.8) is 0 Å². The molecule has 0 radical (unpaired) electrons. The van der Waals surface area contributed by atoms with E-state index in [-0.39, 0.29) is 29.4 Å². The van der Waals surface area contributed by atoms with Gasteiger partial charge in [0, 0.05) is 17.6 Å². The molecule has 0 aliphatic rings. The van der Waals surface area contributed by atoms with Gasteiger partial charge in [0.2, 0.25) is 5.91 Å². The van der Waals surface area contributed by atoms with Gasteiger partial charge in [0.1, 0.15) is 5.82 Å². The van der Waals surface area contributed by atoms with E-state index in [9.17, 15) is 14.0 Å². The minimum atomic E-state index is -1.03. The van der Waals surface area contributed by atoms with Crippen molar-refractivity contribution in [1.82, 2.24) is 9.69 Å². The van der Waals surface area contributed by atoms with Crippen molar-refractivity contribution in [2.24, 2.45) is 0 Å². The van der Waals surface area contributed by atoms with Gasteiger partial charge >= 0.3 is 0 Å². The number of carbonyl (C=O) groups is 2. The van der Waals surface area contributed by atoms with Crippen LogP contribution < -0.4 is 10.2 Å². The van der Waals surface area contributed by atoms with Gasteiger partial charge in [0.15, 0.2) is 11.8 Å². The molecule has 0 saturated carbocycles.